The Kier molecular flexibility index (Phi) is 6.72. The van der Waals surface area contributed by atoms with Gasteiger partial charge < -0.3 is 28.4 Å². The smallest absolute Gasteiger partial charge is 0.164 e. The maximum atomic E-state index is 6.53. The number of ether oxygens (including phenoxy) is 6. The molecule has 8 fully saturated rings. The van der Waals surface area contributed by atoms with E-state index >= 15 is 0 Å². The van der Waals surface area contributed by atoms with Gasteiger partial charge in [0.2, 0.25) is 0 Å². The summed E-state index contributed by atoms with van der Waals surface area (Å²) in [6, 6.07) is 9.62. The Morgan fingerprint density at radius 3 is 1.24 bits per heavy atom. The highest BCUT2D eigenvalue weighted by Crippen LogP contribution is 2.65. The van der Waals surface area contributed by atoms with Crippen LogP contribution in [0.4, 0.5) is 0 Å². The molecule has 2 aliphatic heterocycles. The first-order chi connectivity index (χ1) is 22.6. The fourth-order valence-electron chi connectivity index (χ4n) is 12.3. The molecule has 0 aromatic heterocycles. The molecule has 10 aliphatic rings. The molecule has 244 valence electrons. The van der Waals surface area contributed by atoms with Gasteiger partial charge in [-0.2, -0.15) is 0 Å². The summed E-state index contributed by atoms with van der Waals surface area (Å²) in [6.45, 7) is 3.24. The van der Waals surface area contributed by atoms with E-state index in [1.165, 1.54) is 82.4 Å². The van der Waals surface area contributed by atoms with E-state index < -0.39 is 0 Å². The zero-order valence-corrected chi connectivity index (χ0v) is 27.1. The summed E-state index contributed by atoms with van der Waals surface area (Å²) in [7, 11) is 0. The van der Waals surface area contributed by atoms with Crippen LogP contribution in [0, 0.1) is 35.5 Å². The summed E-state index contributed by atoms with van der Waals surface area (Å²) < 4.78 is 34.9. The fourth-order valence-corrected chi connectivity index (χ4v) is 12.3. The summed E-state index contributed by atoms with van der Waals surface area (Å²) in [4.78, 5) is 0. The fraction of sp³-hybridized carbons (Fsp3) is 0.650. The highest BCUT2D eigenvalue weighted by molar-refractivity contribution is 5.93. The van der Waals surface area contributed by atoms with E-state index in [9.17, 15) is 0 Å². The molecule has 46 heavy (non-hydrogen) atoms. The number of hydrogen-bond acceptors (Lipinski definition) is 6. The molecule has 6 nitrogen and oxygen atoms in total. The van der Waals surface area contributed by atoms with Gasteiger partial charge in [-0.05, 0) is 170 Å². The van der Waals surface area contributed by atoms with Crippen LogP contribution in [0.15, 0.2) is 48.3 Å². The first-order valence-corrected chi connectivity index (χ1v) is 18.3. The van der Waals surface area contributed by atoms with E-state index in [1.807, 2.05) is 0 Å². The van der Waals surface area contributed by atoms with Crippen LogP contribution >= 0.6 is 0 Å². The molecule has 0 spiro atoms. The lowest BCUT2D eigenvalue weighted by atomic mass is 9.46. The third kappa shape index (κ3) is 5.23. The SMILES string of the molecule is C1=C(COCCOc2cc(C34CC5CC(CC(C5)C3)C4)c3c(C45CC6CC(CC(C6)C4)C5)cc(OCCOCC4=CO4)cc3c2)O1. The molecular weight excluding hydrogens is 576 g/mol. The lowest BCUT2D eigenvalue weighted by molar-refractivity contribution is -0.00693. The topological polar surface area (TPSA) is 62.0 Å². The Morgan fingerprint density at radius 2 is 0.891 bits per heavy atom. The summed E-state index contributed by atoms with van der Waals surface area (Å²) in [6.07, 6.45) is 20.3. The van der Waals surface area contributed by atoms with E-state index in [4.69, 9.17) is 28.4 Å². The number of rotatable bonds is 14. The predicted molar refractivity (Wildman–Crippen MR) is 175 cm³/mol. The van der Waals surface area contributed by atoms with Crippen LogP contribution in [0.1, 0.15) is 88.2 Å². The minimum Gasteiger partial charge on any atom is -0.491 e. The zero-order chi connectivity index (χ0) is 30.3. The molecule has 0 unspecified atom stereocenters. The highest BCUT2D eigenvalue weighted by atomic mass is 16.6. The second-order valence-corrected chi connectivity index (χ2v) is 16.6. The van der Waals surface area contributed by atoms with E-state index in [1.54, 1.807) is 29.0 Å². The lowest BCUT2D eigenvalue weighted by Gasteiger charge is -2.59. The second-order valence-electron chi connectivity index (χ2n) is 16.6. The van der Waals surface area contributed by atoms with Crippen LogP contribution in [0.5, 0.6) is 11.5 Å². The van der Waals surface area contributed by atoms with Gasteiger partial charge in [0.1, 0.15) is 50.5 Å². The van der Waals surface area contributed by atoms with Gasteiger partial charge in [-0.3, -0.25) is 0 Å². The Balaban J connectivity index is 1.06. The van der Waals surface area contributed by atoms with Gasteiger partial charge in [0.25, 0.3) is 0 Å². The molecular formula is C40H48O6. The zero-order valence-electron chi connectivity index (χ0n) is 27.1. The van der Waals surface area contributed by atoms with Crippen LogP contribution in [0.25, 0.3) is 10.8 Å². The van der Waals surface area contributed by atoms with E-state index in [-0.39, 0.29) is 10.8 Å². The quantitative estimate of drug-likeness (QED) is 0.197. The van der Waals surface area contributed by atoms with Crippen LogP contribution in [-0.4, -0.2) is 39.6 Å². The molecule has 0 radical (unpaired) electrons. The van der Waals surface area contributed by atoms with Crippen LogP contribution < -0.4 is 9.47 Å². The van der Waals surface area contributed by atoms with Crippen molar-refractivity contribution in [3.8, 4) is 11.5 Å². The van der Waals surface area contributed by atoms with Crippen molar-refractivity contribution in [3.05, 3.63) is 59.4 Å². The van der Waals surface area contributed by atoms with Crippen molar-refractivity contribution >= 4 is 10.8 Å². The highest BCUT2D eigenvalue weighted by Gasteiger charge is 2.55. The lowest BCUT2D eigenvalue weighted by Crippen LogP contribution is -2.50. The molecule has 0 atom stereocenters. The van der Waals surface area contributed by atoms with E-state index in [0.29, 0.717) is 39.6 Å². The van der Waals surface area contributed by atoms with Crippen molar-refractivity contribution in [1.82, 2.24) is 0 Å². The van der Waals surface area contributed by atoms with Gasteiger partial charge in [0.15, 0.2) is 11.5 Å². The molecule has 2 aromatic rings. The Labute approximate surface area is 272 Å². The van der Waals surface area contributed by atoms with Crippen LogP contribution in [-0.2, 0) is 29.8 Å². The van der Waals surface area contributed by atoms with Crippen molar-refractivity contribution < 1.29 is 28.4 Å². The van der Waals surface area contributed by atoms with Gasteiger partial charge in [-0.25, -0.2) is 0 Å². The Hall–Kier alpha value is -2.70. The first-order valence-electron chi connectivity index (χ1n) is 18.3. The van der Waals surface area contributed by atoms with Crippen molar-refractivity contribution in [2.75, 3.05) is 39.6 Å². The van der Waals surface area contributed by atoms with Crippen LogP contribution in [0.2, 0.25) is 0 Å². The van der Waals surface area contributed by atoms with E-state index in [0.717, 1.165) is 58.5 Å². The van der Waals surface area contributed by atoms with Gasteiger partial charge in [-0.15, -0.1) is 0 Å². The van der Waals surface area contributed by atoms with Gasteiger partial charge in [0.05, 0.1) is 13.2 Å². The molecule has 0 N–H and O–H groups in total. The minimum absolute atomic E-state index is 0.269. The summed E-state index contributed by atoms with van der Waals surface area (Å²) >= 11 is 0. The molecule has 12 rings (SSSR count). The van der Waals surface area contributed by atoms with Crippen LogP contribution in [0.3, 0.4) is 0 Å². The maximum absolute atomic E-state index is 6.53. The predicted octanol–water partition coefficient (Wildman–Crippen LogP) is 8.31. The Bertz CT molecular complexity index is 1400. The molecule has 6 heteroatoms. The maximum Gasteiger partial charge on any atom is 0.164 e. The van der Waals surface area contributed by atoms with Crippen molar-refractivity contribution in [2.24, 2.45) is 35.5 Å². The standard InChI is InChI=1S/C40H48O6/c1(41-21-34-23-45-34)3-43-32-11-31-12-33(44-4-2-42-22-35-24-46-35)14-37(40-18-28-8-29(19-40)10-30(9-28)20-40)38(31)36(13-32)39-15-25-5-26(16-39)7-27(6-25)17-39/h11-14,23-30H,1-10,15-22H2. The third-order valence-electron chi connectivity index (χ3n) is 13.3. The van der Waals surface area contributed by atoms with Crippen molar-refractivity contribution in [2.45, 2.75) is 87.9 Å². The van der Waals surface area contributed by atoms with E-state index in [2.05, 4.69) is 24.3 Å². The average molecular weight is 625 g/mol. The molecule has 0 saturated heterocycles. The summed E-state index contributed by atoms with van der Waals surface area (Å²) in [5.41, 5.74) is 3.75. The number of benzene rings is 2. The normalized spacial score (nSPS) is 37.1. The Morgan fingerprint density at radius 1 is 0.522 bits per heavy atom. The molecule has 8 aliphatic carbocycles. The van der Waals surface area contributed by atoms with Gasteiger partial charge in [-0.1, -0.05) is 0 Å². The third-order valence-corrected chi connectivity index (χ3v) is 13.3. The summed E-state index contributed by atoms with van der Waals surface area (Å²) in [5, 5.41) is 2.87. The number of fused-ring (bicyclic) bond motifs is 1. The minimum atomic E-state index is 0.269. The number of hydrogen-bond donors (Lipinski definition) is 0. The first kappa shape index (κ1) is 28.3. The molecule has 0 amide bonds. The molecule has 2 aromatic carbocycles. The van der Waals surface area contributed by atoms with Crippen molar-refractivity contribution in [1.29, 1.82) is 0 Å². The van der Waals surface area contributed by atoms with Gasteiger partial charge >= 0.3 is 0 Å². The second kappa shape index (κ2) is 10.9. The largest absolute Gasteiger partial charge is 0.491 e. The average Bonchev–Trinajstić information content (AvgIpc) is 3.95. The summed E-state index contributed by atoms with van der Waals surface area (Å²) in [5.74, 6) is 9.14. The van der Waals surface area contributed by atoms with Gasteiger partial charge in [0, 0.05) is 0 Å². The monoisotopic (exact) mass is 624 g/mol. The van der Waals surface area contributed by atoms with Crippen molar-refractivity contribution in [3.63, 3.8) is 0 Å². The molecule has 8 bridgehead atoms. The molecule has 8 saturated carbocycles. The molecule has 2 heterocycles.